The van der Waals surface area contributed by atoms with Crippen molar-refractivity contribution in [3.05, 3.63) is 59.9 Å². The largest absolute Gasteiger partial charge is 0.443 e. The van der Waals surface area contributed by atoms with Crippen molar-refractivity contribution in [2.75, 3.05) is 42.5 Å². The molecule has 7 heteroatoms. The van der Waals surface area contributed by atoms with E-state index in [0.29, 0.717) is 44.1 Å². The molecule has 2 saturated heterocycles. The molecule has 1 N–H and O–H groups in total. The highest BCUT2D eigenvalue weighted by Gasteiger charge is 2.32. The molecule has 1 aromatic carbocycles. The van der Waals surface area contributed by atoms with Crippen LogP contribution in [0, 0.1) is 12.4 Å². The molecule has 142 valence electrons. The number of hydrogen-bond acceptors (Lipinski definition) is 4. The predicted molar refractivity (Wildman–Crippen MR) is 103 cm³/mol. The van der Waals surface area contributed by atoms with Gasteiger partial charge in [0.2, 0.25) is 0 Å². The summed E-state index contributed by atoms with van der Waals surface area (Å²) in [7, 11) is 0. The number of amides is 1. The second-order valence-electron chi connectivity index (χ2n) is 6.60. The summed E-state index contributed by atoms with van der Waals surface area (Å²) >= 11 is 0. The molecule has 0 saturated carbocycles. The van der Waals surface area contributed by atoms with E-state index in [0.717, 1.165) is 18.4 Å². The molecule has 2 aliphatic heterocycles. The number of carbonyl (C=O) groups excluding carboxylic acids is 1. The fraction of sp³-hybridized carbons (Fsp3) is 0.400. The van der Waals surface area contributed by atoms with Crippen LogP contribution in [-0.2, 0) is 4.74 Å². The molecule has 1 aromatic rings. The number of ether oxygens (including phenoxy) is 1. The number of carbonyl (C=O) groups is 1. The lowest BCUT2D eigenvalue weighted by Crippen LogP contribution is -2.32. The number of nitrogens with one attached hydrogen (secondary N) is 1. The minimum Gasteiger partial charge on any atom is -0.443 e. The second-order valence-corrected chi connectivity index (χ2v) is 6.60. The standard InChI is InChI=1S/C20H23FN4O2/c1-3-8-23-13-17-14-25(20(26)27-17)16-4-5-19(18(21)11-16)24-9-6-15(7-10-24)12-22-2/h3-5,11-12,17,23H,1,6-10,13-14H2/t17-/m0/s1. The Kier molecular flexibility index (Phi) is 6.09. The van der Waals surface area contributed by atoms with Gasteiger partial charge in [0.15, 0.2) is 6.20 Å². The summed E-state index contributed by atoms with van der Waals surface area (Å²) < 4.78 is 20.0. The first-order chi connectivity index (χ1) is 13.1. The summed E-state index contributed by atoms with van der Waals surface area (Å²) in [6.45, 7) is 13.4. The quantitative estimate of drug-likeness (QED) is 0.474. The zero-order valence-corrected chi connectivity index (χ0v) is 15.2. The number of nitrogens with zero attached hydrogens (tertiary/aromatic N) is 3. The van der Waals surface area contributed by atoms with E-state index in [9.17, 15) is 9.18 Å². The minimum absolute atomic E-state index is 0.269. The maximum Gasteiger partial charge on any atom is 0.414 e. The number of cyclic esters (lactones) is 1. The molecular weight excluding hydrogens is 347 g/mol. The lowest BCUT2D eigenvalue weighted by molar-refractivity contribution is 0.141. The van der Waals surface area contributed by atoms with Crippen LogP contribution in [0.4, 0.5) is 20.6 Å². The zero-order valence-electron chi connectivity index (χ0n) is 15.2. The lowest BCUT2D eigenvalue weighted by atomic mass is 10.0. The van der Waals surface area contributed by atoms with Gasteiger partial charge in [0.1, 0.15) is 11.9 Å². The van der Waals surface area contributed by atoms with E-state index >= 15 is 0 Å². The maximum atomic E-state index is 14.7. The number of anilines is 2. The van der Waals surface area contributed by atoms with Gasteiger partial charge in [-0.25, -0.2) is 14.0 Å². The van der Waals surface area contributed by atoms with Gasteiger partial charge in [-0.1, -0.05) is 11.6 Å². The zero-order chi connectivity index (χ0) is 19.2. The van der Waals surface area contributed by atoms with Crippen LogP contribution in [0.2, 0.25) is 0 Å². The molecule has 6 nitrogen and oxygen atoms in total. The molecule has 0 spiro atoms. The Bertz CT molecular complexity index is 777. The molecule has 1 atom stereocenters. The fourth-order valence-corrected chi connectivity index (χ4v) is 3.36. The highest BCUT2D eigenvalue weighted by molar-refractivity contribution is 5.90. The molecular formula is C20H23FN4O2. The van der Waals surface area contributed by atoms with E-state index in [1.54, 1.807) is 24.4 Å². The summed E-state index contributed by atoms with van der Waals surface area (Å²) in [5, 5.41) is 3.12. The molecule has 0 radical (unpaired) electrons. The first-order valence-electron chi connectivity index (χ1n) is 9.01. The van der Waals surface area contributed by atoms with Crippen LogP contribution in [0.15, 0.2) is 42.6 Å². The van der Waals surface area contributed by atoms with Crippen LogP contribution in [0.3, 0.4) is 0 Å². The molecule has 0 aliphatic carbocycles. The molecule has 0 unspecified atom stereocenters. The van der Waals surface area contributed by atoms with Gasteiger partial charge >= 0.3 is 6.09 Å². The van der Waals surface area contributed by atoms with E-state index in [2.05, 4.69) is 16.7 Å². The molecule has 2 aliphatic rings. The molecule has 2 heterocycles. The lowest BCUT2D eigenvalue weighted by Gasteiger charge is -2.31. The minimum atomic E-state index is -0.459. The predicted octanol–water partition coefficient (Wildman–Crippen LogP) is 3.33. The summed E-state index contributed by atoms with van der Waals surface area (Å²) in [6.07, 6.45) is 4.11. The van der Waals surface area contributed by atoms with Crippen LogP contribution in [0.1, 0.15) is 12.8 Å². The fourth-order valence-electron chi connectivity index (χ4n) is 3.36. The van der Waals surface area contributed by atoms with Crippen molar-refractivity contribution in [1.29, 1.82) is 0 Å². The molecule has 27 heavy (non-hydrogen) atoms. The van der Waals surface area contributed by atoms with Crippen molar-refractivity contribution in [3.8, 4) is 0 Å². The maximum absolute atomic E-state index is 14.7. The average Bonchev–Trinajstić information content (AvgIpc) is 3.03. The Morgan fingerprint density at radius 3 is 2.85 bits per heavy atom. The third-order valence-corrected chi connectivity index (χ3v) is 4.77. The van der Waals surface area contributed by atoms with Gasteiger partial charge in [0.05, 0.1) is 24.5 Å². The topological polar surface area (TPSA) is 49.2 Å². The van der Waals surface area contributed by atoms with Gasteiger partial charge in [-0.2, -0.15) is 0 Å². The summed E-state index contributed by atoms with van der Waals surface area (Å²) in [4.78, 5) is 18.8. The Morgan fingerprint density at radius 2 is 2.19 bits per heavy atom. The Hall–Kier alpha value is -2.85. The van der Waals surface area contributed by atoms with E-state index in [1.807, 2.05) is 4.90 Å². The third-order valence-electron chi connectivity index (χ3n) is 4.77. The van der Waals surface area contributed by atoms with Crippen molar-refractivity contribution < 1.29 is 13.9 Å². The number of hydrogen-bond donors (Lipinski definition) is 1. The van der Waals surface area contributed by atoms with Gasteiger partial charge in [-0.05, 0) is 31.0 Å². The normalized spacial score (nSPS) is 19.6. The Balaban J connectivity index is 1.65. The number of benzene rings is 1. The van der Waals surface area contributed by atoms with Crippen molar-refractivity contribution in [3.63, 3.8) is 0 Å². The van der Waals surface area contributed by atoms with Crippen molar-refractivity contribution in [2.24, 2.45) is 0 Å². The SMILES string of the molecule is [C-]#[N+]C=C1CCN(c2ccc(N3C[C@H](CNCC=C)OC3=O)cc2F)CC1. The Labute approximate surface area is 158 Å². The van der Waals surface area contributed by atoms with Crippen LogP contribution in [0.25, 0.3) is 4.85 Å². The first-order valence-corrected chi connectivity index (χ1v) is 9.01. The van der Waals surface area contributed by atoms with Gasteiger partial charge in [-0.15, -0.1) is 6.58 Å². The molecule has 2 fully saturated rings. The molecule has 1 amide bonds. The van der Waals surface area contributed by atoms with Crippen molar-refractivity contribution in [2.45, 2.75) is 18.9 Å². The molecule has 0 aromatic heterocycles. The highest BCUT2D eigenvalue weighted by Crippen LogP contribution is 2.30. The van der Waals surface area contributed by atoms with Gasteiger partial charge < -0.3 is 15.0 Å². The van der Waals surface area contributed by atoms with Crippen LogP contribution >= 0.6 is 0 Å². The van der Waals surface area contributed by atoms with Crippen molar-refractivity contribution >= 4 is 17.5 Å². The Morgan fingerprint density at radius 1 is 1.41 bits per heavy atom. The van der Waals surface area contributed by atoms with E-state index < -0.39 is 6.09 Å². The summed E-state index contributed by atoms with van der Waals surface area (Å²) in [5.41, 5.74) is 2.13. The molecule has 0 bridgehead atoms. The molecule has 3 rings (SSSR count). The summed E-state index contributed by atoms with van der Waals surface area (Å²) in [5.74, 6) is -0.355. The number of piperidine rings is 1. The summed E-state index contributed by atoms with van der Waals surface area (Å²) in [6, 6.07) is 4.86. The van der Waals surface area contributed by atoms with Crippen molar-refractivity contribution in [1.82, 2.24) is 5.32 Å². The average molecular weight is 370 g/mol. The van der Waals surface area contributed by atoms with Crippen LogP contribution < -0.4 is 15.1 Å². The monoisotopic (exact) mass is 370 g/mol. The smallest absolute Gasteiger partial charge is 0.414 e. The van der Waals surface area contributed by atoms with Crippen LogP contribution in [-0.4, -0.2) is 44.9 Å². The first kappa shape index (κ1) is 18.9. The van der Waals surface area contributed by atoms with Gasteiger partial charge in [0.25, 0.3) is 0 Å². The van der Waals surface area contributed by atoms with Gasteiger partial charge in [-0.3, -0.25) is 4.90 Å². The second kappa shape index (κ2) is 8.69. The van der Waals surface area contributed by atoms with E-state index in [4.69, 9.17) is 11.3 Å². The highest BCUT2D eigenvalue weighted by atomic mass is 19.1. The van der Waals surface area contributed by atoms with E-state index in [1.165, 1.54) is 11.0 Å². The van der Waals surface area contributed by atoms with E-state index in [-0.39, 0.29) is 11.9 Å². The third kappa shape index (κ3) is 4.47. The van der Waals surface area contributed by atoms with Gasteiger partial charge in [0, 0.05) is 26.2 Å². The van der Waals surface area contributed by atoms with Crippen LogP contribution in [0.5, 0.6) is 0 Å². The number of rotatable bonds is 6. The number of halogens is 1.